The lowest BCUT2D eigenvalue weighted by atomic mass is 10.1. The van der Waals surface area contributed by atoms with E-state index in [1.165, 1.54) is 29.0 Å². The van der Waals surface area contributed by atoms with Crippen molar-refractivity contribution >= 4 is 27.9 Å². The second kappa shape index (κ2) is 6.87. The number of nitrogens with one attached hydrogen (secondary N) is 1. The molecule has 2 heterocycles. The van der Waals surface area contributed by atoms with Gasteiger partial charge in [0.25, 0.3) is 5.91 Å². The first-order valence-corrected chi connectivity index (χ1v) is 9.79. The van der Waals surface area contributed by atoms with Crippen LogP contribution in [0.2, 0.25) is 0 Å². The number of benzene rings is 2. The van der Waals surface area contributed by atoms with Crippen LogP contribution in [0.25, 0.3) is 16.2 Å². The number of fused-ring (bicyclic) bond motifs is 1. The molecule has 0 saturated heterocycles. The smallest absolute Gasteiger partial charge is 0.267 e. The Morgan fingerprint density at radius 3 is 2.32 bits per heavy atom. The highest BCUT2D eigenvalue weighted by molar-refractivity contribution is 7.19. The molecule has 0 unspecified atom stereocenters. The van der Waals surface area contributed by atoms with Crippen molar-refractivity contribution in [1.29, 1.82) is 0 Å². The van der Waals surface area contributed by atoms with Gasteiger partial charge in [0.2, 0.25) is 0 Å². The third-order valence-electron chi connectivity index (χ3n) is 4.82. The number of carbonyl (C=O) groups is 1. The quantitative estimate of drug-likeness (QED) is 0.486. The summed E-state index contributed by atoms with van der Waals surface area (Å²) in [5.41, 5.74) is 6.55. The standard InChI is InChI=1S/C22H20FN3OS/c1-12-9-13(2)19(14(3)10-12)25-21(27)20-15(4)26-11-18(24-22(26)28-20)16-5-7-17(23)8-6-16/h5-11H,1-4H3,(H,25,27). The number of imidazole rings is 1. The maximum atomic E-state index is 13.1. The summed E-state index contributed by atoms with van der Waals surface area (Å²) < 4.78 is 15.1. The van der Waals surface area contributed by atoms with Crippen molar-refractivity contribution in [1.82, 2.24) is 9.38 Å². The molecule has 6 heteroatoms. The van der Waals surface area contributed by atoms with Crippen molar-refractivity contribution in [2.24, 2.45) is 0 Å². The lowest BCUT2D eigenvalue weighted by Crippen LogP contribution is -2.14. The van der Waals surface area contributed by atoms with Crippen LogP contribution in [-0.4, -0.2) is 15.3 Å². The number of hydrogen-bond donors (Lipinski definition) is 1. The Hall–Kier alpha value is -2.99. The van der Waals surface area contributed by atoms with Gasteiger partial charge >= 0.3 is 0 Å². The molecule has 1 amide bonds. The SMILES string of the molecule is Cc1cc(C)c(NC(=O)c2sc3nc(-c4ccc(F)cc4)cn3c2C)c(C)c1. The molecule has 2 aromatic heterocycles. The highest BCUT2D eigenvalue weighted by Gasteiger charge is 2.19. The van der Waals surface area contributed by atoms with E-state index in [-0.39, 0.29) is 11.7 Å². The summed E-state index contributed by atoms with van der Waals surface area (Å²) in [6.45, 7) is 7.95. The predicted molar refractivity (Wildman–Crippen MR) is 112 cm³/mol. The summed E-state index contributed by atoms with van der Waals surface area (Å²) in [6.07, 6.45) is 1.88. The molecule has 0 bridgehead atoms. The molecule has 142 valence electrons. The Morgan fingerprint density at radius 1 is 1.07 bits per heavy atom. The first-order chi connectivity index (χ1) is 13.3. The molecule has 4 rings (SSSR count). The predicted octanol–water partition coefficient (Wildman–Crippen LogP) is 5.69. The number of halogens is 1. The van der Waals surface area contributed by atoms with Gasteiger partial charge < -0.3 is 5.32 Å². The zero-order chi connectivity index (χ0) is 20.0. The Balaban J connectivity index is 1.66. The topological polar surface area (TPSA) is 46.4 Å². The zero-order valence-corrected chi connectivity index (χ0v) is 16.9. The lowest BCUT2D eigenvalue weighted by Gasteiger charge is -2.12. The van der Waals surface area contributed by atoms with Gasteiger partial charge in [-0.25, -0.2) is 9.37 Å². The second-order valence-electron chi connectivity index (χ2n) is 7.03. The van der Waals surface area contributed by atoms with E-state index in [4.69, 9.17) is 0 Å². The molecule has 0 aliphatic carbocycles. The van der Waals surface area contributed by atoms with Crippen LogP contribution in [0.3, 0.4) is 0 Å². The summed E-state index contributed by atoms with van der Waals surface area (Å²) >= 11 is 1.35. The van der Waals surface area contributed by atoms with Crippen molar-refractivity contribution in [2.75, 3.05) is 5.32 Å². The minimum absolute atomic E-state index is 0.133. The fourth-order valence-electron chi connectivity index (χ4n) is 3.47. The molecular weight excluding hydrogens is 373 g/mol. The van der Waals surface area contributed by atoms with Crippen molar-refractivity contribution in [3.63, 3.8) is 0 Å². The molecule has 0 saturated carbocycles. The number of aromatic nitrogens is 2. The average molecular weight is 393 g/mol. The van der Waals surface area contributed by atoms with Crippen LogP contribution in [0.15, 0.2) is 42.6 Å². The minimum Gasteiger partial charge on any atom is -0.321 e. The van der Waals surface area contributed by atoms with Crippen LogP contribution in [0.1, 0.15) is 32.1 Å². The van der Waals surface area contributed by atoms with Crippen molar-refractivity contribution in [2.45, 2.75) is 27.7 Å². The van der Waals surface area contributed by atoms with Gasteiger partial charge in [-0.3, -0.25) is 9.20 Å². The molecule has 4 aromatic rings. The molecule has 4 nitrogen and oxygen atoms in total. The normalized spacial score (nSPS) is 11.2. The maximum absolute atomic E-state index is 13.1. The summed E-state index contributed by atoms with van der Waals surface area (Å²) in [6, 6.07) is 10.4. The van der Waals surface area contributed by atoms with E-state index < -0.39 is 0 Å². The largest absolute Gasteiger partial charge is 0.321 e. The van der Waals surface area contributed by atoms with Gasteiger partial charge in [0.1, 0.15) is 10.7 Å². The fraction of sp³-hybridized carbons (Fsp3) is 0.182. The number of hydrogen-bond acceptors (Lipinski definition) is 3. The average Bonchev–Trinajstić information content (AvgIpc) is 3.18. The van der Waals surface area contributed by atoms with Gasteiger partial charge in [-0.1, -0.05) is 29.0 Å². The van der Waals surface area contributed by atoms with E-state index in [0.717, 1.165) is 38.7 Å². The van der Waals surface area contributed by atoms with E-state index in [1.807, 2.05) is 38.3 Å². The number of aryl methyl sites for hydroxylation is 4. The molecule has 0 radical (unpaired) electrons. The maximum Gasteiger partial charge on any atom is 0.267 e. The first-order valence-electron chi connectivity index (χ1n) is 8.97. The summed E-state index contributed by atoms with van der Waals surface area (Å²) in [5.74, 6) is -0.409. The van der Waals surface area contributed by atoms with Crippen LogP contribution >= 0.6 is 11.3 Å². The Labute approximate surface area is 166 Å². The van der Waals surface area contributed by atoms with Gasteiger partial charge in [-0.15, -0.1) is 0 Å². The molecule has 2 aromatic carbocycles. The highest BCUT2D eigenvalue weighted by atomic mass is 32.1. The van der Waals surface area contributed by atoms with Gasteiger partial charge in [0.05, 0.1) is 5.69 Å². The van der Waals surface area contributed by atoms with Gasteiger partial charge in [-0.2, -0.15) is 0 Å². The zero-order valence-electron chi connectivity index (χ0n) is 16.1. The molecular formula is C22H20FN3OS. The van der Waals surface area contributed by atoms with Crippen molar-refractivity contribution < 1.29 is 9.18 Å². The van der Waals surface area contributed by atoms with E-state index in [9.17, 15) is 9.18 Å². The number of anilines is 1. The van der Waals surface area contributed by atoms with E-state index in [2.05, 4.69) is 22.4 Å². The number of carbonyl (C=O) groups excluding carboxylic acids is 1. The first kappa shape index (κ1) is 18.4. The summed E-state index contributed by atoms with van der Waals surface area (Å²) in [4.78, 5) is 18.9. The Kier molecular flexibility index (Phi) is 4.51. The van der Waals surface area contributed by atoms with Gasteiger partial charge in [0.15, 0.2) is 4.96 Å². The second-order valence-corrected chi connectivity index (χ2v) is 8.01. The molecule has 1 N–H and O–H groups in total. The van der Waals surface area contributed by atoms with Crippen LogP contribution in [0.5, 0.6) is 0 Å². The minimum atomic E-state index is -0.276. The number of rotatable bonds is 3. The third-order valence-corrected chi connectivity index (χ3v) is 5.97. The summed E-state index contributed by atoms with van der Waals surface area (Å²) in [5, 5.41) is 3.05. The fourth-order valence-corrected chi connectivity index (χ4v) is 4.47. The molecule has 0 atom stereocenters. The molecule has 0 aliphatic heterocycles. The van der Waals surface area contributed by atoms with Crippen molar-refractivity contribution in [3.05, 3.63) is 75.7 Å². The number of nitrogens with zero attached hydrogens (tertiary/aromatic N) is 2. The third kappa shape index (κ3) is 3.20. The number of thiazole rings is 1. The van der Waals surface area contributed by atoms with Crippen LogP contribution < -0.4 is 5.32 Å². The monoisotopic (exact) mass is 393 g/mol. The van der Waals surface area contributed by atoms with Crippen molar-refractivity contribution in [3.8, 4) is 11.3 Å². The molecule has 0 aliphatic rings. The van der Waals surface area contributed by atoms with Crippen LogP contribution in [0.4, 0.5) is 10.1 Å². The molecule has 0 fully saturated rings. The van der Waals surface area contributed by atoms with Gasteiger partial charge in [-0.05, 0) is 63.1 Å². The Morgan fingerprint density at radius 2 is 1.71 bits per heavy atom. The Bertz CT molecular complexity index is 1180. The lowest BCUT2D eigenvalue weighted by molar-refractivity contribution is 0.102. The van der Waals surface area contributed by atoms with E-state index in [0.29, 0.717) is 4.88 Å². The molecule has 28 heavy (non-hydrogen) atoms. The van der Waals surface area contributed by atoms with Gasteiger partial charge in [0, 0.05) is 23.1 Å². The molecule has 0 spiro atoms. The van der Waals surface area contributed by atoms with E-state index in [1.54, 1.807) is 12.1 Å². The number of amides is 1. The highest BCUT2D eigenvalue weighted by Crippen LogP contribution is 2.29. The van der Waals surface area contributed by atoms with Crippen LogP contribution in [0, 0.1) is 33.5 Å². The van der Waals surface area contributed by atoms with Crippen LogP contribution in [-0.2, 0) is 0 Å². The van der Waals surface area contributed by atoms with E-state index >= 15 is 0 Å². The summed E-state index contributed by atoms with van der Waals surface area (Å²) in [7, 11) is 0.